The van der Waals surface area contributed by atoms with E-state index in [1.165, 1.54) is 25.7 Å². The molecule has 0 atom stereocenters. The highest BCUT2D eigenvalue weighted by atomic mass is 127. The fourth-order valence-electron chi connectivity index (χ4n) is 3.78. The maximum Gasteiger partial charge on any atom is 0.194 e. The maximum atomic E-state index is 6.04. The molecule has 1 saturated heterocycles. The molecule has 8 heteroatoms. The van der Waals surface area contributed by atoms with Gasteiger partial charge in [-0.2, -0.15) is 0 Å². The molecule has 146 valence electrons. The summed E-state index contributed by atoms with van der Waals surface area (Å²) in [5.41, 5.74) is 0. The first kappa shape index (κ1) is 19.9. The van der Waals surface area contributed by atoms with Gasteiger partial charge in [-0.05, 0) is 44.4 Å². The van der Waals surface area contributed by atoms with Crippen molar-refractivity contribution in [2.75, 3.05) is 26.7 Å². The Hall–Kier alpha value is -0.900. The van der Waals surface area contributed by atoms with E-state index >= 15 is 0 Å². The number of aryl methyl sites for hydroxylation is 1. The van der Waals surface area contributed by atoms with Crippen LogP contribution >= 0.6 is 24.0 Å². The monoisotopic (exact) mass is 474 g/mol. The second-order valence-corrected chi connectivity index (χ2v) is 7.51. The Kier molecular flexibility index (Phi) is 7.13. The van der Waals surface area contributed by atoms with Crippen molar-refractivity contribution in [3.63, 3.8) is 0 Å². The Labute approximate surface area is 173 Å². The molecular formula is C18H31IN6O. The van der Waals surface area contributed by atoms with Gasteiger partial charge in [0, 0.05) is 39.7 Å². The van der Waals surface area contributed by atoms with Gasteiger partial charge in [0.2, 0.25) is 0 Å². The predicted molar refractivity (Wildman–Crippen MR) is 112 cm³/mol. The number of aromatic nitrogens is 3. The zero-order chi connectivity index (χ0) is 17.1. The lowest BCUT2D eigenvalue weighted by Gasteiger charge is -2.34. The molecule has 1 N–H and O–H groups in total. The first-order valence-corrected chi connectivity index (χ1v) is 9.81. The van der Waals surface area contributed by atoms with E-state index in [0.717, 1.165) is 69.0 Å². The van der Waals surface area contributed by atoms with Gasteiger partial charge in [-0.15, -0.1) is 34.2 Å². The standard InChI is InChI=1S/C18H30N6O.HI/c1-19-18(20-12-17-22-21-16-4-2-3-9-24(16)17)23-10-7-15(8-11-23)25-13-14-5-6-14;/h14-15H,2-13H2,1H3,(H,19,20);1H. The van der Waals surface area contributed by atoms with E-state index in [0.29, 0.717) is 12.6 Å². The number of guanidine groups is 1. The van der Waals surface area contributed by atoms with Crippen LogP contribution in [-0.4, -0.2) is 58.5 Å². The molecule has 4 rings (SSSR count). The SMILES string of the molecule is CN=C(NCc1nnc2n1CCCC2)N1CCC(OCC2CC2)CC1.I. The van der Waals surface area contributed by atoms with Crippen LogP contribution in [0, 0.1) is 5.92 Å². The molecule has 0 radical (unpaired) electrons. The van der Waals surface area contributed by atoms with E-state index in [9.17, 15) is 0 Å². The van der Waals surface area contributed by atoms with Crippen molar-refractivity contribution in [1.29, 1.82) is 0 Å². The third kappa shape index (κ3) is 4.88. The Morgan fingerprint density at radius 3 is 2.69 bits per heavy atom. The van der Waals surface area contributed by atoms with Gasteiger partial charge in [0.15, 0.2) is 11.8 Å². The summed E-state index contributed by atoms with van der Waals surface area (Å²) < 4.78 is 8.31. The summed E-state index contributed by atoms with van der Waals surface area (Å²) in [6.07, 6.45) is 8.84. The van der Waals surface area contributed by atoms with Gasteiger partial charge in [-0.25, -0.2) is 0 Å². The number of rotatable bonds is 5. The average Bonchev–Trinajstić information content (AvgIpc) is 3.41. The number of hydrogen-bond donors (Lipinski definition) is 1. The highest BCUT2D eigenvalue weighted by Crippen LogP contribution is 2.30. The number of hydrogen-bond acceptors (Lipinski definition) is 4. The molecule has 26 heavy (non-hydrogen) atoms. The molecule has 1 aliphatic carbocycles. The molecule has 3 aliphatic rings. The van der Waals surface area contributed by atoms with Crippen molar-refractivity contribution < 1.29 is 4.74 Å². The average molecular weight is 474 g/mol. The van der Waals surface area contributed by atoms with Gasteiger partial charge in [-0.3, -0.25) is 4.99 Å². The van der Waals surface area contributed by atoms with Crippen molar-refractivity contribution in [3.8, 4) is 0 Å². The van der Waals surface area contributed by atoms with Gasteiger partial charge in [0.25, 0.3) is 0 Å². The van der Waals surface area contributed by atoms with Crippen LogP contribution in [0.1, 0.15) is 50.2 Å². The molecule has 0 spiro atoms. The molecule has 0 aromatic carbocycles. The van der Waals surface area contributed by atoms with Gasteiger partial charge < -0.3 is 19.5 Å². The fourth-order valence-corrected chi connectivity index (χ4v) is 3.78. The van der Waals surface area contributed by atoms with E-state index in [1.54, 1.807) is 0 Å². The topological polar surface area (TPSA) is 67.6 Å². The van der Waals surface area contributed by atoms with E-state index in [1.807, 2.05) is 7.05 Å². The summed E-state index contributed by atoms with van der Waals surface area (Å²) >= 11 is 0. The van der Waals surface area contributed by atoms with Gasteiger partial charge in [0.05, 0.1) is 12.6 Å². The van der Waals surface area contributed by atoms with Crippen LogP contribution in [0.3, 0.4) is 0 Å². The number of nitrogens with one attached hydrogen (secondary N) is 1. The zero-order valence-corrected chi connectivity index (χ0v) is 18.0. The van der Waals surface area contributed by atoms with Crippen molar-refractivity contribution >= 4 is 29.9 Å². The molecule has 2 fully saturated rings. The van der Waals surface area contributed by atoms with Gasteiger partial charge in [0.1, 0.15) is 5.82 Å². The first-order valence-electron chi connectivity index (χ1n) is 9.81. The third-order valence-corrected chi connectivity index (χ3v) is 5.56. The largest absolute Gasteiger partial charge is 0.378 e. The third-order valence-electron chi connectivity index (χ3n) is 5.56. The predicted octanol–water partition coefficient (Wildman–Crippen LogP) is 2.20. The lowest BCUT2D eigenvalue weighted by Crippen LogP contribution is -2.47. The lowest BCUT2D eigenvalue weighted by atomic mass is 10.1. The van der Waals surface area contributed by atoms with Crippen LogP contribution in [-0.2, 0) is 24.2 Å². The summed E-state index contributed by atoms with van der Waals surface area (Å²) in [5.74, 6) is 3.97. The molecular weight excluding hydrogens is 443 g/mol. The molecule has 2 aliphatic heterocycles. The molecule has 3 heterocycles. The van der Waals surface area contributed by atoms with E-state index in [4.69, 9.17) is 4.74 Å². The van der Waals surface area contributed by atoms with E-state index < -0.39 is 0 Å². The minimum Gasteiger partial charge on any atom is -0.378 e. The smallest absolute Gasteiger partial charge is 0.194 e. The number of aliphatic imine (C=N–C) groups is 1. The van der Waals surface area contributed by atoms with Crippen molar-refractivity contribution in [2.24, 2.45) is 10.9 Å². The summed E-state index contributed by atoms with van der Waals surface area (Å²) in [5, 5.41) is 12.2. The van der Waals surface area contributed by atoms with Crippen LogP contribution < -0.4 is 5.32 Å². The summed E-state index contributed by atoms with van der Waals surface area (Å²) in [4.78, 5) is 6.80. The van der Waals surface area contributed by atoms with Crippen molar-refractivity contribution in [1.82, 2.24) is 25.0 Å². The van der Waals surface area contributed by atoms with Crippen LogP contribution in [0.2, 0.25) is 0 Å². The molecule has 0 unspecified atom stereocenters. The quantitative estimate of drug-likeness (QED) is 0.403. The number of piperidine rings is 1. The van der Waals surface area contributed by atoms with Crippen LogP contribution in [0.4, 0.5) is 0 Å². The highest BCUT2D eigenvalue weighted by molar-refractivity contribution is 14.0. The molecule has 0 bridgehead atoms. The van der Waals surface area contributed by atoms with Crippen LogP contribution in [0.15, 0.2) is 4.99 Å². The van der Waals surface area contributed by atoms with Crippen molar-refractivity contribution in [3.05, 3.63) is 11.6 Å². The number of halogens is 1. The lowest BCUT2D eigenvalue weighted by molar-refractivity contribution is 0.0131. The normalized spacial score (nSPS) is 21.3. The van der Waals surface area contributed by atoms with Crippen LogP contribution in [0.5, 0.6) is 0 Å². The van der Waals surface area contributed by atoms with E-state index in [-0.39, 0.29) is 24.0 Å². The molecule has 1 saturated carbocycles. The van der Waals surface area contributed by atoms with Gasteiger partial charge >= 0.3 is 0 Å². The highest BCUT2D eigenvalue weighted by Gasteiger charge is 2.26. The summed E-state index contributed by atoms with van der Waals surface area (Å²) in [6.45, 7) is 4.72. The van der Waals surface area contributed by atoms with Crippen molar-refractivity contribution in [2.45, 2.75) is 64.1 Å². The minimum atomic E-state index is 0. The zero-order valence-electron chi connectivity index (χ0n) is 15.7. The molecule has 1 aromatic rings. The molecule has 1 aromatic heterocycles. The van der Waals surface area contributed by atoms with E-state index in [2.05, 4.69) is 30.0 Å². The molecule has 0 amide bonds. The number of ether oxygens (including phenoxy) is 1. The summed E-state index contributed by atoms with van der Waals surface area (Å²) in [6, 6.07) is 0. The molecule has 7 nitrogen and oxygen atoms in total. The number of fused-ring (bicyclic) bond motifs is 1. The summed E-state index contributed by atoms with van der Waals surface area (Å²) in [7, 11) is 1.86. The maximum absolute atomic E-state index is 6.04. The van der Waals surface area contributed by atoms with Crippen LogP contribution in [0.25, 0.3) is 0 Å². The number of nitrogens with zero attached hydrogens (tertiary/aromatic N) is 5. The second kappa shape index (κ2) is 9.34. The second-order valence-electron chi connectivity index (χ2n) is 7.51. The first-order chi connectivity index (χ1) is 12.3. The Morgan fingerprint density at radius 2 is 1.96 bits per heavy atom. The minimum absolute atomic E-state index is 0. The van der Waals surface area contributed by atoms with Gasteiger partial charge in [-0.1, -0.05) is 0 Å². The Balaban J connectivity index is 0.00000196. The number of likely N-dealkylation sites (tertiary alicyclic amines) is 1. The Bertz CT molecular complexity index is 607. The fraction of sp³-hybridized carbons (Fsp3) is 0.833. The Morgan fingerprint density at radius 1 is 1.15 bits per heavy atom.